The van der Waals surface area contributed by atoms with Crippen LogP contribution in [0.25, 0.3) is 10.9 Å². The highest BCUT2D eigenvalue weighted by Gasteiger charge is 2.42. The maximum atomic E-state index is 13.9. The van der Waals surface area contributed by atoms with Crippen LogP contribution in [0, 0.1) is 0 Å². The molecule has 4 N–H and O–H groups in total. The van der Waals surface area contributed by atoms with Gasteiger partial charge >= 0.3 is 0 Å². The number of ether oxygens (including phenoxy) is 1. The summed E-state index contributed by atoms with van der Waals surface area (Å²) in [6.45, 7) is 0. The fraction of sp³-hybridized carbons (Fsp3) is 0.148. The van der Waals surface area contributed by atoms with E-state index in [9.17, 15) is 14.4 Å². The van der Waals surface area contributed by atoms with Gasteiger partial charge in [0, 0.05) is 22.9 Å². The summed E-state index contributed by atoms with van der Waals surface area (Å²) < 4.78 is 6.34. The third kappa shape index (κ3) is 4.03. The van der Waals surface area contributed by atoms with Gasteiger partial charge in [0.2, 0.25) is 5.91 Å². The summed E-state index contributed by atoms with van der Waals surface area (Å²) >= 11 is 0. The average Bonchev–Trinajstić information content (AvgIpc) is 3.25. The molecule has 1 aromatic heterocycles. The topological polar surface area (TPSA) is 114 Å². The number of carbonyl (C=O) groups is 3. The van der Waals surface area contributed by atoms with E-state index in [4.69, 9.17) is 10.5 Å². The fourth-order valence-corrected chi connectivity index (χ4v) is 4.48. The first-order valence-electron chi connectivity index (χ1n) is 11.0. The molecule has 0 bridgehead atoms. The van der Waals surface area contributed by atoms with E-state index >= 15 is 0 Å². The van der Waals surface area contributed by atoms with Crippen molar-refractivity contribution in [2.45, 2.75) is 24.5 Å². The van der Waals surface area contributed by atoms with Crippen LogP contribution in [0.2, 0.25) is 0 Å². The second-order valence-corrected chi connectivity index (χ2v) is 8.33. The van der Waals surface area contributed by atoms with E-state index in [1.807, 2.05) is 54.6 Å². The van der Waals surface area contributed by atoms with Crippen molar-refractivity contribution in [1.29, 1.82) is 0 Å². The second-order valence-electron chi connectivity index (χ2n) is 8.33. The monoisotopic (exact) mass is 453 g/mol. The molecular formula is C27H23N3O4. The summed E-state index contributed by atoms with van der Waals surface area (Å²) in [4.78, 5) is 42.1. The molecule has 4 aromatic rings. The number of nitrogens with one attached hydrogen (secondary N) is 2. The first-order valence-corrected chi connectivity index (χ1v) is 11.0. The van der Waals surface area contributed by atoms with Gasteiger partial charge in [-0.25, -0.2) is 0 Å². The van der Waals surface area contributed by atoms with Crippen LogP contribution in [-0.2, 0) is 9.59 Å². The van der Waals surface area contributed by atoms with Gasteiger partial charge in [-0.1, -0.05) is 66.7 Å². The normalized spacial score (nSPS) is 19.6. The van der Waals surface area contributed by atoms with E-state index in [0.29, 0.717) is 17.0 Å². The molecule has 5 rings (SSSR count). The van der Waals surface area contributed by atoms with Crippen molar-refractivity contribution in [2.24, 2.45) is 5.73 Å². The summed E-state index contributed by atoms with van der Waals surface area (Å²) in [5.74, 6) is -1.73. The van der Waals surface area contributed by atoms with Gasteiger partial charge in [-0.3, -0.25) is 14.4 Å². The zero-order valence-corrected chi connectivity index (χ0v) is 18.2. The van der Waals surface area contributed by atoms with E-state index in [0.717, 1.165) is 16.5 Å². The molecule has 0 saturated heterocycles. The maximum absolute atomic E-state index is 13.9. The molecule has 2 heterocycles. The number of aromatic amines is 1. The quantitative estimate of drug-likeness (QED) is 0.428. The molecule has 1 aliphatic rings. The van der Waals surface area contributed by atoms with Crippen molar-refractivity contribution in [1.82, 2.24) is 10.3 Å². The molecule has 3 unspecified atom stereocenters. The zero-order chi connectivity index (χ0) is 23.7. The van der Waals surface area contributed by atoms with E-state index < -0.39 is 29.9 Å². The van der Waals surface area contributed by atoms with Crippen molar-refractivity contribution < 1.29 is 19.1 Å². The standard InChI is InChI=1S/C27H23N3O4/c28-23(31)15-19-18-11-5-7-13-22(18)34-26(16-8-2-1-3-9-16)24(25(19)32)30-27(33)21-14-17-10-4-6-12-20(17)29-21/h1-14,19,24,26,29H,15H2,(H2,28,31)(H,30,33). The Labute approximate surface area is 195 Å². The lowest BCUT2D eigenvalue weighted by molar-refractivity contribution is -0.127. The number of hydrogen-bond donors (Lipinski definition) is 3. The summed E-state index contributed by atoms with van der Waals surface area (Å²) in [6, 6.07) is 24.6. The Bertz CT molecular complexity index is 1350. The van der Waals surface area contributed by atoms with Gasteiger partial charge in [0.25, 0.3) is 5.91 Å². The molecule has 0 spiro atoms. The number of nitrogens with two attached hydrogens (primary N) is 1. The Morgan fingerprint density at radius 3 is 2.41 bits per heavy atom. The molecule has 3 atom stereocenters. The van der Waals surface area contributed by atoms with Crippen LogP contribution in [0.15, 0.2) is 84.9 Å². The van der Waals surface area contributed by atoms with Crippen LogP contribution in [0.4, 0.5) is 0 Å². The van der Waals surface area contributed by atoms with Crippen molar-refractivity contribution in [3.63, 3.8) is 0 Å². The number of primary amides is 1. The highest BCUT2D eigenvalue weighted by molar-refractivity contribution is 6.03. The Kier molecular flexibility index (Phi) is 5.59. The first kappa shape index (κ1) is 21.5. The van der Waals surface area contributed by atoms with Gasteiger partial charge in [0.05, 0.1) is 5.92 Å². The zero-order valence-electron chi connectivity index (χ0n) is 18.2. The minimum absolute atomic E-state index is 0.181. The maximum Gasteiger partial charge on any atom is 0.268 e. The molecule has 170 valence electrons. The third-order valence-electron chi connectivity index (χ3n) is 6.10. The Hall–Kier alpha value is -4.39. The van der Waals surface area contributed by atoms with Crippen LogP contribution in [0.5, 0.6) is 5.75 Å². The smallest absolute Gasteiger partial charge is 0.268 e. The van der Waals surface area contributed by atoms with Crippen molar-refractivity contribution in [3.05, 3.63) is 102 Å². The van der Waals surface area contributed by atoms with Gasteiger partial charge in [-0.2, -0.15) is 0 Å². The lowest BCUT2D eigenvalue weighted by Gasteiger charge is -2.26. The number of hydrogen-bond acceptors (Lipinski definition) is 4. The van der Waals surface area contributed by atoms with Crippen molar-refractivity contribution >= 4 is 28.5 Å². The highest BCUT2D eigenvalue weighted by atomic mass is 16.5. The third-order valence-corrected chi connectivity index (χ3v) is 6.10. The fourth-order valence-electron chi connectivity index (χ4n) is 4.48. The molecular weight excluding hydrogens is 430 g/mol. The summed E-state index contributed by atoms with van der Waals surface area (Å²) in [6.07, 6.45) is -0.972. The molecule has 7 nitrogen and oxygen atoms in total. The van der Waals surface area contributed by atoms with E-state index in [-0.39, 0.29) is 12.2 Å². The molecule has 0 radical (unpaired) electrons. The molecule has 34 heavy (non-hydrogen) atoms. The number of ketones is 1. The second kappa shape index (κ2) is 8.86. The number of para-hydroxylation sites is 2. The van der Waals surface area contributed by atoms with Crippen LogP contribution in [0.3, 0.4) is 0 Å². The molecule has 0 saturated carbocycles. The van der Waals surface area contributed by atoms with E-state index in [1.54, 1.807) is 30.3 Å². The van der Waals surface area contributed by atoms with Crippen LogP contribution in [-0.4, -0.2) is 28.6 Å². The Morgan fingerprint density at radius 1 is 0.941 bits per heavy atom. The van der Waals surface area contributed by atoms with Gasteiger partial charge < -0.3 is 20.8 Å². The summed E-state index contributed by atoms with van der Waals surface area (Å²) in [5.41, 5.74) is 7.95. The minimum atomic E-state index is -1.04. The number of H-pyrrole nitrogens is 1. The molecule has 3 aromatic carbocycles. The highest BCUT2D eigenvalue weighted by Crippen LogP contribution is 2.39. The van der Waals surface area contributed by atoms with Gasteiger partial charge in [0.1, 0.15) is 17.5 Å². The van der Waals surface area contributed by atoms with E-state index in [2.05, 4.69) is 10.3 Å². The van der Waals surface area contributed by atoms with E-state index in [1.165, 1.54) is 0 Å². The number of benzene rings is 3. The number of fused-ring (bicyclic) bond motifs is 2. The van der Waals surface area contributed by atoms with Crippen molar-refractivity contribution in [2.75, 3.05) is 0 Å². The number of carbonyl (C=O) groups excluding carboxylic acids is 3. The lowest BCUT2D eigenvalue weighted by atomic mass is 9.85. The average molecular weight is 453 g/mol. The van der Waals surface area contributed by atoms with Crippen LogP contribution >= 0.6 is 0 Å². The number of Topliss-reactive ketones (excluding diaryl/α,β-unsaturated/α-hetero) is 1. The minimum Gasteiger partial charge on any atom is -0.483 e. The SMILES string of the molecule is NC(=O)CC1C(=O)C(NC(=O)c2cc3ccccc3[nH]2)C(c2ccccc2)Oc2ccccc21. The molecule has 0 fully saturated rings. The van der Waals surface area contributed by atoms with Crippen molar-refractivity contribution in [3.8, 4) is 5.75 Å². The predicted molar refractivity (Wildman–Crippen MR) is 127 cm³/mol. The molecule has 7 heteroatoms. The summed E-state index contributed by atoms with van der Waals surface area (Å²) in [5, 5.41) is 3.76. The largest absolute Gasteiger partial charge is 0.483 e. The molecule has 0 aliphatic carbocycles. The van der Waals surface area contributed by atoms with Gasteiger partial charge in [0.15, 0.2) is 11.9 Å². The van der Waals surface area contributed by atoms with Crippen LogP contribution in [0.1, 0.15) is 40.1 Å². The Morgan fingerprint density at radius 2 is 1.65 bits per heavy atom. The first-order chi connectivity index (χ1) is 16.5. The summed E-state index contributed by atoms with van der Waals surface area (Å²) in [7, 11) is 0. The number of amides is 2. The van der Waals surface area contributed by atoms with Gasteiger partial charge in [-0.15, -0.1) is 0 Å². The number of rotatable bonds is 5. The number of aromatic nitrogens is 1. The molecule has 2 amide bonds. The van der Waals surface area contributed by atoms with Crippen LogP contribution < -0.4 is 15.8 Å². The lowest BCUT2D eigenvalue weighted by Crippen LogP contribution is -2.47. The van der Waals surface area contributed by atoms with Gasteiger partial charge in [-0.05, 0) is 23.8 Å². The predicted octanol–water partition coefficient (Wildman–Crippen LogP) is 3.63. The Balaban J connectivity index is 1.57. The molecule has 1 aliphatic heterocycles.